The number of pyridine rings is 1. The van der Waals surface area contributed by atoms with Crippen molar-refractivity contribution in [3.05, 3.63) is 51.2 Å². The predicted octanol–water partition coefficient (Wildman–Crippen LogP) is 3.60. The van der Waals surface area contributed by atoms with E-state index >= 15 is 0 Å². The van der Waals surface area contributed by atoms with E-state index in [1.54, 1.807) is 0 Å². The predicted molar refractivity (Wildman–Crippen MR) is 127 cm³/mol. The van der Waals surface area contributed by atoms with Gasteiger partial charge >= 0.3 is 0 Å². The molecule has 0 spiro atoms. The Morgan fingerprint density at radius 2 is 1.61 bits per heavy atom. The molecule has 2 aromatic heterocycles. The average molecular weight is 458 g/mol. The molecule has 0 saturated heterocycles. The molecule has 1 atom stereocenters. The highest BCUT2D eigenvalue weighted by atomic mass is 16.5. The maximum absolute atomic E-state index is 13.1. The number of fused-ring (bicyclic) bond motifs is 1. The van der Waals surface area contributed by atoms with E-state index in [9.17, 15) is 4.79 Å². The van der Waals surface area contributed by atoms with Gasteiger partial charge in [0, 0.05) is 23.4 Å². The van der Waals surface area contributed by atoms with Gasteiger partial charge in [-0.2, -0.15) is 0 Å². The maximum atomic E-state index is 13.1. The molecular formula is C25H35N3O5. The van der Waals surface area contributed by atoms with Gasteiger partial charge in [0.1, 0.15) is 23.8 Å². The summed E-state index contributed by atoms with van der Waals surface area (Å²) in [5, 5.41) is 0. The number of ether oxygens (including phenoxy) is 4. The number of rotatable bonds is 11. The molecule has 3 rings (SSSR count). The molecule has 0 saturated carbocycles. The summed E-state index contributed by atoms with van der Waals surface area (Å²) in [5.41, 5.74) is 3.42. The van der Waals surface area contributed by atoms with E-state index < -0.39 is 0 Å². The van der Waals surface area contributed by atoms with Crippen LogP contribution in [0.15, 0.2) is 23.0 Å². The van der Waals surface area contributed by atoms with Gasteiger partial charge in [0.25, 0.3) is 5.56 Å². The lowest BCUT2D eigenvalue weighted by Crippen LogP contribution is -2.29. The Hall–Kier alpha value is -2.55. The fourth-order valence-electron chi connectivity index (χ4n) is 3.68. The largest absolute Gasteiger partial charge is 0.491 e. The Kier molecular flexibility index (Phi) is 8.77. The standard InChI is InChI=1S/C25H35N3O5/c1-15(2)30-7-9-32-20-13-21-23(22(14-20)33-10-8-31-16(3)4)25(29)28-24(27-21)19-11-17(5)26-18(6)12-19/h11-12,14-16,20H,7-10,13H2,1-6H3,(H,27,28,29). The molecule has 0 radical (unpaired) electrons. The Balaban J connectivity index is 1.87. The first-order valence-corrected chi connectivity index (χ1v) is 11.5. The Morgan fingerprint density at radius 1 is 0.970 bits per heavy atom. The molecule has 1 unspecified atom stereocenters. The number of H-pyrrole nitrogens is 1. The molecule has 1 aliphatic carbocycles. The average Bonchev–Trinajstić information content (AvgIpc) is 2.72. The second-order valence-electron chi connectivity index (χ2n) is 8.71. The summed E-state index contributed by atoms with van der Waals surface area (Å²) in [4.78, 5) is 25.2. The first-order valence-electron chi connectivity index (χ1n) is 11.5. The molecule has 180 valence electrons. The maximum Gasteiger partial charge on any atom is 0.262 e. The van der Waals surface area contributed by atoms with Crippen molar-refractivity contribution in [1.29, 1.82) is 0 Å². The quantitative estimate of drug-likeness (QED) is 0.515. The molecule has 0 aromatic carbocycles. The zero-order valence-corrected chi connectivity index (χ0v) is 20.4. The van der Waals surface area contributed by atoms with Crippen LogP contribution in [-0.2, 0) is 25.4 Å². The number of nitrogens with zero attached hydrogens (tertiary/aromatic N) is 2. The normalized spacial score (nSPS) is 15.6. The molecule has 0 amide bonds. The monoisotopic (exact) mass is 457 g/mol. The Bertz CT molecular complexity index is 1010. The molecule has 0 bridgehead atoms. The summed E-state index contributed by atoms with van der Waals surface area (Å²) < 4.78 is 23.1. The molecule has 8 heteroatoms. The summed E-state index contributed by atoms with van der Waals surface area (Å²) in [7, 11) is 0. The van der Waals surface area contributed by atoms with Crippen LogP contribution in [0.2, 0.25) is 0 Å². The van der Waals surface area contributed by atoms with Gasteiger partial charge in [-0.25, -0.2) is 4.98 Å². The van der Waals surface area contributed by atoms with Crippen LogP contribution in [0, 0.1) is 13.8 Å². The number of aromatic nitrogens is 3. The van der Waals surface area contributed by atoms with Crippen molar-refractivity contribution in [3.8, 4) is 11.4 Å². The van der Waals surface area contributed by atoms with Crippen LogP contribution in [0.4, 0.5) is 0 Å². The highest BCUT2D eigenvalue weighted by molar-refractivity contribution is 5.66. The van der Waals surface area contributed by atoms with Crippen molar-refractivity contribution in [1.82, 2.24) is 15.0 Å². The minimum Gasteiger partial charge on any atom is -0.491 e. The van der Waals surface area contributed by atoms with E-state index in [4.69, 9.17) is 23.9 Å². The first kappa shape index (κ1) is 25.1. The van der Waals surface area contributed by atoms with Crippen LogP contribution in [-0.4, -0.2) is 59.7 Å². The van der Waals surface area contributed by atoms with Gasteiger partial charge in [-0.15, -0.1) is 0 Å². The Morgan fingerprint density at radius 3 is 2.24 bits per heavy atom. The van der Waals surface area contributed by atoms with Gasteiger partial charge in [0.05, 0.1) is 43.8 Å². The summed E-state index contributed by atoms with van der Waals surface area (Å²) in [6.07, 6.45) is 2.32. The lowest BCUT2D eigenvalue weighted by Gasteiger charge is -2.24. The van der Waals surface area contributed by atoms with Crippen LogP contribution in [0.25, 0.3) is 17.1 Å². The van der Waals surface area contributed by atoms with Crippen molar-refractivity contribution >= 4 is 5.76 Å². The number of hydrogen-bond donors (Lipinski definition) is 1. The van der Waals surface area contributed by atoms with Gasteiger partial charge in [0.15, 0.2) is 0 Å². The molecule has 8 nitrogen and oxygen atoms in total. The van der Waals surface area contributed by atoms with Crippen molar-refractivity contribution in [2.45, 2.75) is 66.3 Å². The zero-order chi connectivity index (χ0) is 24.0. The number of hydrogen-bond acceptors (Lipinski definition) is 7. The summed E-state index contributed by atoms with van der Waals surface area (Å²) in [5.74, 6) is 0.986. The van der Waals surface area contributed by atoms with E-state index in [-0.39, 0.29) is 23.9 Å². The molecule has 1 aliphatic rings. The number of nitrogens with one attached hydrogen (secondary N) is 1. The fourth-order valence-corrected chi connectivity index (χ4v) is 3.68. The van der Waals surface area contributed by atoms with Gasteiger partial charge in [-0.05, 0) is 59.8 Å². The number of aromatic amines is 1. The highest BCUT2D eigenvalue weighted by Gasteiger charge is 2.26. The van der Waals surface area contributed by atoms with Crippen LogP contribution in [0.1, 0.15) is 50.3 Å². The van der Waals surface area contributed by atoms with E-state index in [2.05, 4.69) is 9.97 Å². The fraction of sp³-hybridized carbons (Fsp3) is 0.560. The highest BCUT2D eigenvalue weighted by Crippen LogP contribution is 2.27. The first-order chi connectivity index (χ1) is 15.7. The molecule has 0 fully saturated rings. The van der Waals surface area contributed by atoms with Gasteiger partial charge in [-0.1, -0.05) is 0 Å². The molecule has 33 heavy (non-hydrogen) atoms. The van der Waals surface area contributed by atoms with E-state index in [1.165, 1.54) is 0 Å². The number of aryl methyl sites for hydroxylation is 2. The smallest absolute Gasteiger partial charge is 0.262 e. The van der Waals surface area contributed by atoms with Crippen molar-refractivity contribution in [2.75, 3.05) is 26.4 Å². The van der Waals surface area contributed by atoms with Crippen LogP contribution < -0.4 is 5.56 Å². The summed E-state index contributed by atoms with van der Waals surface area (Å²) in [6.45, 7) is 13.5. The Labute approximate surface area is 195 Å². The third kappa shape index (κ3) is 7.22. The summed E-state index contributed by atoms with van der Waals surface area (Å²) >= 11 is 0. The van der Waals surface area contributed by atoms with E-state index in [0.29, 0.717) is 55.7 Å². The van der Waals surface area contributed by atoms with E-state index in [1.807, 2.05) is 59.8 Å². The molecular weight excluding hydrogens is 422 g/mol. The van der Waals surface area contributed by atoms with Crippen molar-refractivity contribution in [3.63, 3.8) is 0 Å². The van der Waals surface area contributed by atoms with Crippen molar-refractivity contribution in [2.24, 2.45) is 0 Å². The van der Waals surface area contributed by atoms with Crippen LogP contribution in [0.5, 0.6) is 0 Å². The van der Waals surface area contributed by atoms with Gasteiger partial charge < -0.3 is 23.9 Å². The second-order valence-corrected chi connectivity index (χ2v) is 8.71. The molecule has 1 N–H and O–H groups in total. The summed E-state index contributed by atoms with van der Waals surface area (Å²) in [6, 6.07) is 3.82. The van der Waals surface area contributed by atoms with Crippen LogP contribution >= 0.6 is 0 Å². The topological polar surface area (TPSA) is 95.6 Å². The van der Waals surface area contributed by atoms with Crippen molar-refractivity contribution < 1.29 is 18.9 Å². The lowest BCUT2D eigenvalue weighted by atomic mass is 9.99. The minimum atomic E-state index is -0.266. The van der Waals surface area contributed by atoms with E-state index in [0.717, 1.165) is 17.0 Å². The third-order valence-electron chi connectivity index (χ3n) is 4.99. The van der Waals surface area contributed by atoms with Gasteiger partial charge in [0.2, 0.25) is 0 Å². The molecule has 0 aliphatic heterocycles. The lowest BCUT2D eigenvalue weighted by molar-refractivity contribution is 0.000392. The zero-order valence-electron chi connectivity index (χ0n) is 20.4. The minimum absolute atomic E-state index is 0.109. The van der Waals surface area contributed by atoms with Gasteiger partial charge in [-0.3, -0.25) is 9.78 Å². The second kappa shape index (κ2) is 11.5. The van der Waals surface area contributed by atoms with Crippen LogP contribution in [0.3, 0.4) is 0 Å². The SMILES string of the molecule is Cc1cc(-c2nc3c(c(=O)[nH]2)C(OCCOC(C)C)=CC(OCCOC(C)C)C3)cc(C)n1. The molecule has 2 aromatic rings. The third-order valence-corrected chi connectivity index (χ3v) is 4.99. The molecule has 2 heterocycles.